The highest BCUT2D eigenvalue weighted by atomic mass is 79.9. The Kier molecular flexibility index (Phi) is 10.9. The average molecular weight is 832 g/mol. The molecule has 0 aliphatic heterocycles. The SMILES string of the molecule is Cc1cc2c(cc1Br)-c1ccccc1C2(C)C.Cc1cc2c(cc1Nc1cccc(-c3ccccc3)c1)-c1ccccc1C2(C)C.Nc1cccc(-c2ccccc2)c1. The zero-order chi connectivity index (χ0) is 41.3. The highest BCUT2D eigenvalue weighted by Gasteiger charge is 2.36. The molecule has 0 saturated heterocycles. The molecule has 0 spiro atoms. The number of hydrogen-bond donors (Lipinski definition) is 2. The van der Waals surface area contributed by atoms with E-state index in [1.807, 2.05) is 36.4 Å². The van der Waals surface area contributed by atoms with E-state index in [4.69, 9.17) is 5.73 Å². The predicted octanol–water partition coefficient (Wildman–Crippen LogP) is 15.7. The molecule has 8 aromatic carbocycles. The van der Waals surface area contributed by atoms with Crippen LogP contribution in [-0.4, -0.2) is 0 Å². The van der Waals surface area contributed by atoms with Crippen LogP contribution in [-0.2, 0) is 10.8 Å². The third-order valence-electron chi connectivity index (χ3n) is 12.0. The number of aryl methyl sites for hydroxylation is 2. The molecular weight excluding hydrogens is 781 g/mol. The summed E-state index contributed by atoms with van der Waals surface area (Å²) in [6.45, 7) is 13.6. The fourth-order valence-corrected chi connectivity index (χ4v) is 9.07. The largest absolute Gasteiger partial charge is 0.399 e. The number of anilines is 3. The molecule has 59 heavy (non-hydrogen) atoms. The Hall–Kier alpha value is -6.16. The summed E-state index contributed by atoms with van der Waals surface area (Å²) in [5, 5.41) is 3.67. The van der Waals surface area contributed by atoms with Gasteiger partial charge in [0.05, 0.1) is 0 Å². The lowest BCUT2D eigenvalue weighted by Crippen LogP contribution is -2.15. The van der Waals surface area contributed by atoms with E-state index in [-0.39, 0.29) is 10.8 Å². The van der Waals surface area contributed by atoms with Crippen molar-refractivity contribution in [1.29, 1.82) is 0 Å². The van der Waals surface area contributed by atoms with Crippen molar-refractivity contribution in [3.05, 3.63) is 220 Å². The lowest BCUT2D eigenvalue weighted by molar-refractivity contribution is 0.659. The predicted molar refractivity (Wildman–Crippen MR) is 257 cm³/mol. The van der Waals surface area contributed by atoms with E-state index in [1.165, 1.54) is 88.0 Å². The first-order valence-corrected chi connectivity index (χ1v) is 21.2. The minimum atomic E-state index is 0.0441. The maximum Gasteiger partial charge on any atom is 0.0420 e. The monoisotopic (exact) mass is 830 g/mol. The van der Waals surface area contributed by atoms with Crippen LogP contribution in [0.3, 0.4) is 0 Å². The molecule has 0 heterocycles. The summed E-state index contributed by atoms with van der Waals surface area (Å²) < 4.78 is 1.20. The van der Waals surface area contributed by atoms with Gasteiger partial charge in [0.2, 0.25) is 0 Å². The van der Waals surface area contributed by atoms with Crippen molar-refractivity contribution in [3.63, 3.8) is 0 Å². The minimum absolute atomic E-state index is 0.0441. The van der Waals surface area contributed by atoms with Crippen LogP contribution in [0, 0.1) is 13.8 Å². The second-order valence-electron chi connectivity index (χ2n) is 16.8. The Morgan fingerprint density at radius 3 is 1.42 bits per heavy atom. The molecule has 8 aromatic rings. The molecule has 0 saturated carbocycles. The minimum Gasteiger partial charge on any atom is -0.399 e. The summed E-state index contributed by atoms with van der Waals surface area (Å²) in [7, 11) is 0. The lowest BCUT2D eigenvalue weighted by atomic mass is 9.82. The topological polar surface area (TPSA) is 38.0 Å². The van der Waals surface area contributed by atoms with Gasteiger partial charge in [0, 0.05) is 32.4 Å². The van der Waals surface area contributed by atoms with Crippen molar-refractivity contribution in [2.75, 3.05) is 11.1 Å². The molecule has 0 radical (unpaired) electrons. The average Bonchev–Trinajstić information content (AvgIpc) is 3.60. The quantitative estimate of drug-likeness (QED) is 0.173. The van der Waals surface area contributed by atoms with Crippen LogP contribution in [0.25, 0.3) is 44.5 Å². The summed E-state index contributed by atoms with van der Waals surface area (Å²) in [6, 6.07) is 64.1. The van der Waals surface area contributed by atoms with Gasteiger partial charge in [-0.05, 0) is 128 Å². The molecule has 3 N–H and O–H groups in total. The number of rotatable bonds is 4. The van der Waals surface area contributed by atoms with Gasteiger partial charge in [0.25, 0.3) is 0 Å². The Morgan fingerprint density at radius 2 is 0.864 bits per heavy atom. The van der Waals surface area contributed by atoms with Gasteiger partial charge in [-0.25, -0.2) is 0 Å². The first-order chi connectivity index (χ1) is 28.4. The van der Waals surface area contributed by atoms with E-state index < -0.39 is 0 Å². The molecule has 0 bridgehead atoms. The first kappa shape index (κ1) is 39.7. The van der Waals surface area contributed by atoms with Crippen molar-refractivity contribution in [2.45, 2.75) is 52.4 Å². The lowest BCUT2D eigenvalue weighted by Gasteiger charge is -2.22. The molecule has 0 amide bonds. The smallest absolute Gasteiger partial charge is 0.0420 e. The summed E-state index contributed by atoms with van der Waals surface area (Å²) in [5.74, 6) is 0. The maximum absolute atomic E-state index is 5.70. The number of nitrogens with one attached hydrogen (secondary N) is 1. The zero-order valence-corrected chi connectivity index (χ0v) is 36.4. The third-order valence-corrected chi connectivity index (χ3v) is 12.9. The van der Waals surface area contributed by atoms with Crippen molar-refractivity contribution in [2.24, 2.45) is 0 Å². The van der Waals surface area contributed by atoms with Gasteiger partial charge < -0.3 is 11.1 Å². The maximum atomic E-state index is 5.70. The second kappa shape index (κ2) is 16.2. The van der Waals surface area contributed by atoms with E-state index in [0.717, 1.165) is 11.4 Å². The number of benzene rings is 8. The van der Waals surface area contributed by atoms with E-state index in [0.29, 0.717) is 0 Å². The molecule has 3 heteroatoms. The van der Waals surface area contributed by atoms with Gasteiger partial charge in [-0.1, -0.05) is 189 Å². The Morgan fingerprint density at radius 1 is 0.407 bits per heavy atom. The highest BCUT2D eigenvalue weighted by molar-refractivity contribution is 9.10. The van der Waals surface area contributed by atoms with Gasteiger partial charge in [0.1, 0.15) is 0 Å². The highest BCUT2D eigenvalue weighted by Crippen LogP contribution is 2.51. The molecule has 0 fully saturated rings. The van der Waals surface area contributed by atoms with Crippen LogP contribution < -0.4 is 11.1 Å². The van der Waals surface area contributed by atoms with Gasteiger partial charge >= 0.3 is 0 Å². The van der Waals surface area contributed by atoms with E-state index >= 15 is 0 Å². The fourth-order valence-electron chi connectivity index (χ4n) is 8.73. The second-order valence-corrected chi connectivity index (χ2v) is 17.6. The standard InChI is InChI=1S/C28H25N.C16H15Br.C12H11N/c1-19-16-26-24(23-14-7-8-15-25(23)28(26,2)3)18-27(19)29-22-13-9-12-21(17-22)20-10-5-4-6-11-20;1-10-8-14-12(9-15(10)17)11-6-4-5-7-13(11)16(14,2)3;13-12-8-4-7-11(9-12)10-5-2-1-3-6-10/h4-18,29H,1-3H3;4-9H,1-3H3;1-9H,13H2. The number of nitrogen functional groups attached to an aromatic ring is 1. The number of fused-ring (bicyclic) bond motifs is 6. The van der Waals surface area contributed by atoms with E-state index in [1.54, 1.807) is 0 Å². The molecule has 2 aliphatic rings. The zero-order valence-electron chi connectivity index (χ0n) is 34.8. The number of halogens is 1. The summed E-state index contributed by atoms with van der Waals surface area (Å²) in [5.41, 5.74) is 27.5. The van der Waals surface area contributed by atoms with Crippen molar-refractivity contribution in [1.82, 2.24) is 0 Å². The fraction of sp³-hybridized carbons (Fsp3) is 0.143. The molecule has 10 rings (SSSR count). The van der Waals surface area contributed by atoms with Crippen LogP contribution in [0.1, 0.15) is 61.1 Å². The molecule has 292 valence electrons. The van der Waals surface area contributed by atoms with Gasteiger partial charge in [0.15, 0.2) is 0 Å². The molecule has 0 unspecified atom stereocenters. The van der Waals surface area contributed by atoms with Crippen LogP contribution in [0.15, 0.2) is 186 Å². The molecule has 2 aliphatic carbocycles. The van der Waals surface area contributed by atoms with Crippen molar-refractivity contribution < 1.29 is 0 Å². The Bertz CT molecular complexity index is 2780. The van der Waals surface area contributed by atoms with E-state index in [2.05, 4.69) is 208 Å². The number of hydrogen-bond acceptors (Lipinski definition) is 2. The van der Waals surface area contributed by atoms with Crippen LogP contribution in [0.2, 0.25) is 0 Å². The van der Waals surface area contributed by atoms with Crippen LogP contribution in [0.5, 0.6) is 0 Å². The van der Waals surface area contributed by atoms with Gasteiger partial charge in [-0.3, -0.25) is 0 Å². The first-order valence-electron chi connectivity index (χ1n) is 20.4. The molecule has 0 atom stereocenters. The summed E-state index contributed by atoms with van der Waals surface area (Å²) in [4.78, 5) is 0. The third kappa shape index (κ3) is 7.88. The summed E-state index contributed by atoms with van der Waals surface area (Å²) in [6.07, 6.45) is 0. The van der Waals surface area contributed by atoms with Crippen molar-refractivity contribution in [3.8, 4) is 44.5 Å². The Balaban J connectivity index is 0.000000136. The molecular formula is C56H51BrN2. The normalized spacial score (nSPS) is 13.3. The van der Waals surface area contributed by atoms with Crippen molar-refractivity contribution >= 4 is 33.0 Å². The summed E-state index contributed by atoms with van der Waals surface area (Å²) >= 11 is 3.64. The van der Waals surface area contributed by atoms with Gasteiger partial charge in [-0.2, -0.15) is 0 Å². The van der Waals surface area contributed by atoms with Crippen LogP contribution >= 0.6 is 15.9 Å². The number of nitrogens with two attached hydrogens (primary N) is 1. The van der Waals surface area contributed by atoms with Gasteiger partial charge in [-0.15, -0.1) is 0 Å². The Labute approximate surface area is 359 Å². The molecule has 0 aromatic heterocycles. The molecule has 2 nitrogen and oxygen atoms in total. The van der Waals surface area contributed by atoms with Crippen LogP contribution in [0.4, 0.5) is 17.1 Å². The van der Waals surface area contributed by atoms with E-state index in [9.17, 15) is 0 Å².